The lowest BCUT2D eigenvalue weighted by molar-refractivity contribution is 0.329. The fourth-order valence-electron chi connectivity index (χ4n) is 1.23. The van der Waals surface area contributed by atoms with Crippen LogP contribution in [0.3, 0.4) is 0 Å². The van der Waals surface area contributed by atoms with Gasteiger partial charge in [-0.2, -0.15) is 0 Å². The second-order valence-corrected chi connectivity index (χ2v) is 4.05. The largest absolute Gasteiger partial charge is 0.493 e. The van der Waals surface area contributed by atoms with E-state index in [2.05, 4.69) is 25.8 Å². The molecule has 13 heavy (non-hydrogen) atoms. The quantitative estimate of drug-likeness (QED) is 0.696. The Balaban J connectivity index is 3.05. The van der Waals surface area contributed by atoms with Gasteiger partial charge in [-0.3, -0.25) is 4.98 Å². The number of rotatable bonds is 2. The second kappa shape index (κ2) is 3.77. The number of ether oxygens (including phenoxy) is 1. The molecule has 0 N–H and O–H groups in total. The van der Waals surface area contributed by atoms with Crippen molar-refractivity contribution in [3.63, 3.8) is 0 Å². The van der Waals surface area contributed by atoms with Crippen LogP contribution in [0.2, 0.25) is 0 Å². The van der Waals surface area contributed by atoms with Crippen molar-refractivity contribution < 1.29 is 4.74 Å². The predicted molar refractivity (Wildman–Crippen MR) is 54.1 cm³/mol. The minimum Gasteiger partial charge on any atom is -0.493 e. The van der Waals surface area contributed by atoms with Gasteiger partial charge in [-0.15, -0.1) is 0 Å². The van der Waals surface area contributed by atoms with Crippen LogP contribution in [0.5, 0.6) is 5.75 Å². The Hall–Kier alpha value is -1.05. The van der Waals surface area contributed by atoms with Crippen molar-refractivity contribution in [3.05, 3.63) is 24.0 Å². The number of hydrogen-bond acceptors (Lipinski definition) is 2. The van der Waals surface area contributed by atoms with Gasteiger partial charge in [-0.05, 0) is 18.4 Å². The average Bonchev–Trinajstić information content (AvgIpc) is 2.04. The fourth-order valence-corrected chi connectivity index (χ4v) is 1.23. The minimum atomic E-state index is 0.0960. The van der Waals surface area contributed by atoms with Crippen LogP contribution in [0.25, 0.3) is 0 Å². The van der Waals surface area contributed by atoms with Crippen LogP contribution in [0.1, 0.15) is 33.3 Å². The first-order chi connectivity index (χ1) is 6.05. The highest BCUT2D eigenvalue weighted by atomic mass is 16.5. The van der Waals surface area contributed by atoms with Gasteiger partial charge in [0, 0.05) is 18.0 Å². The summed E-state index contributed by atoms with van der Waals surface area (Å²) in [5, 5.41) is 0. The summed E-state index contributed by atoms with van der Waals surface area (Å²) < 4.78 is 5.52. The second-order valence-electron chi connectivity index (χ2n) is 4.05. The molecule has 0 radical (unpaired) electrons. The first-order valence-corrected chi connectivity index (χ1v) is 4.63. The van der Waals surface area contributed by atoms with Gasteiger partial charge in [-0.25, -0.2) is 0 Å². The van der Waals surface area contributed by atoms with Gasteiger partial charge < -0.3 is 4.74 Å². The Labute approximate surface area is 80.0 Å². The predicted octanol–water partition coefficient (Wildman–Crippen LogP) is 2.78. The van der Waals surface area contributed by atoms with Crippen LogP contribution in [0.15, 0.2) is 18.5 Å². The molecule has 1 aromatic rings. The van der Waals surface area contributed by atoms with Crippen LogP contribution in [-0.4, -0.2) is 11.6 Å². The van der Waals surface area contributed by atoms with Gasteiger partial charge >= 0.3 is 0 Å². The Morgan fingerprint density at radius 1 is 1.38 bits per heavy atom. The zero-order chi connectivity index (χ0) is 9.90. The molecule has 2 heteroatoms. The van der Waals surface area contributed by atoms with E-state index in [1.807, 2.05) is 19.2 Å². The van der Waals surface area contributed by atoms with E-state index in [0.29, 0.717) is 6.61 Å². The van der Waals surface area contributed by atoms with Crippen LogP contribution in [-0.2, 0) is 5.41 Å². The molecule has 1 heterocycles. The van der Waals surface area contributed by atoms with E-state index in [1.165, 1.54) is 0 Å². The molecule has 0 saturated carbocycles. The van der Waals surface area contributed by atoms with Crippen molar-refractivity contribution in [1.82, 2.24) is 4.98 Å². The van der Waals surface area contributed by atoms with Crippen LogP contribution < -0.4 is 4.74 Å². The van der Waals surface area contributed by atoms with E-state index in [0.717, 1.165) is 11.3 Å². The van der Waals surface area contributed by atoms with Gasteiger partial charge in [0.15, 0.2) is 0 Å². The Morgan fingerprint density at radius 3 is 2.62 bits per heavy atom. The maximum atomic E-state index is 5.52. The van der Waals surface area contributed by atoms with Gasteiger partial charge in [0.05, 0.1) is 6.61 Å². The maximum absolute atomic E-state index is 5.52. The first-order valence-electron chi connectivity index (χ1n) is 4.63. The van der Waals surface area contributed by atoms with Gasteiger partial charge in [0.1, 0.15) is 5.75 Å². The number of aromatic nitrogens is 1. The maximum Gasteiger partial charge on any atom is 0.126 e. The van der Waals surface area contributed by atoms with E-state index < -0.39 is 0 Å². The fraction of sp³-hybridized carbons (Fsp3) is 0.545. The lowest BCUT2D eigenvalue weighted by Gasteiger charge is -2.21. The molecule has 0 aromatic carbocycles. The monoisotopic (exact) mass is 179 g/mol. The third-order valence-corrected chi connectivity index (χ3v) is 1.89. The van der Waals surface area contributed by atoms with E-state index in [-0.39, 0.29) is 5.41 Å². The van der Waals surface area contributed by atoms with E-state index in [9.17, 15) is 0 Å². The summed E-state index contributed by atoms with van der Waals surface area (Å²) in [5.41, 5.74) is 1.26. The summed E-state index contributed by atoms with van der Waals surface area (Å²) in [6.45, 7) is 9.17. The van der Waals surface area contributed by atoms with Crippen molar-refractivity contribution in [2.24, 2.45) is 0 Å². The lowest BCUT2D eigenvalue weighted by Crippen LogP contribution is -2.13. The van der Waals surface area contributed by atoms with Gasteiger partial charge in [0.25, 0.3) is 0 Å². The van der Waals surface area contributed by atoms with Crippen LogP contribution in [0, 0.1) is 0 Å². The highest BCUT2D eigenvalue weighted by Crippen LogP contribution is 2.29. The zero-order valence-electron chi connectivity index (χ0n) is 8.79. The first kappa shape index (κ1) is 10.0. The van der Waals surface area contributed by atoms with Crippen LogP contribution in [0.4, 0.5) is 0 Å². The van der Waals surface area contributed by atoms with Crippen molar-refractivity contribution in [1.29, 1.82) is 0 Å². The molecule has 0 spiro atoms. The molecular formula is C11H17NO. The highest BCUT2D eigenvalue weighted by molar-refractivity contribution is 5.35. The molecule has 0 saturated heterocycles. The molecule has 72 valence electrons. The molecule has 1 rings (SSSR count). The van der Waals surface area contributed by atoms with Crippen molar-refractivity contribution in [2.45, 2.75) is 33.1 Å². The van der Waals surface area contributed by atoms with E-state index in [4.69, 9.17) is 4.74 Å². The lowest BCUT2D eigenvalue weighted by atomic mass is 9.88. The van der Waals surface area contributed by atoms with Gasteiger partial charge in [0.2, 0.25) is 0 Å². The number of pyridine rings is 1. The highest BCUT2D eigenvalue weighted by Gasteiger charge is 2.18. The summed E-state index contributed by atoms with van der Waals surface area (Å²) in [5.74, 6) is 0.949. The van der Waals surface area contributed by atoms with Crippen molar-refractivity contribution in [3.8, 4) is 5.75 Å². The topological polar surface area (TPSA) is 22.1 Å². The van der Waals surface area contributed by atoms with E-state index >= 15 is 0 Å². The molecule has 0 aliphatic rings. The molecule has 0 fully saturated rings. The molecular weight excluding hydrogens is 162 g/mol. The molecule has 0 bridgehead atoms. The Kier molecular flexibility index (Phi) is 2.91. The summed E-state index contributed by atoms with van der Waals surface area (Å²) in [6, 6.07) is 1.92. The average molecular weight is 179 g/mol. The van der Waals surface area contributed by atoms with Crippen molar-refractivity contribution >= 4 is 0 Å². The SMILES string of the molecule is CCOc1ccncc1C(C)(C)C. The number of hydrogen-bond donors (Lipinski definition) is 0. The normalized spacial score (nSPS) is 11.4. The molecule has 0 aliphatic heterocycles. The smallest absolute Gasteiger partial charge is 0.126 e. The molecule has 1 aromatic heterocycles. The molecule has 0 aliphatic carbocycles. The molecule has 0 atom stereocenters. The standard InChI is InChI=1S/C11H17NO/c1-5-13-10-6-7-12-8-9(10)11(2,3)4/h6-8H,5H2,1-4H3. The Morgan fingerprint density at radius 2 is 2.08 bits per heavy atom. The van der Waals surface area contributed by atoms with Crippen molar-refractivity contribution in [2.75, 3.05) is 6.61 Å². The van der Waals surface area contributed by atoms with Gasteiger partial charge in [-0.1, -0.05) is 20.8 Å². The summed E-state index contributed by atoms with van der Waals surface area (Å²) in [4.78, 5) is 4.11. The molecule has 2 nitrogen and oxygen atoms in total. The summed E-state index contributed by atoms with van der Waals surface area (Å²) in [6.07, 6.45) is 3.64. The molecule has 0 amide bonds. The molecule has 0 unspecified atom stereocenters. The number of nitrogens with zero attached hydrogens (tertiary/aromatic N) is 1. The minimum absolute atomic E-state index is 0.0960. The summed E-state index contributed by atoms with van der Waals surface area (Å²) >= 11 is 0. The third-order valence-electron chi connectivity index (χ3n) is 1.89. The van der Waals surface area contributed by atoms with Crippen LogP contribution >= 0.6 is 0 Å². The van der Waals surface area contributed by atoms with E-state index in [1.54, 1.807) is 6.20 Å². The summed E-state index contributed by atoms with van der Waals surface area (Å²) in [7, 11) is 0. The zero-order valence-corrected chi connectivity index (χ0v) is 8.79. The Bertz CT molecular complexity index is 276. The third kappa shape index (κ3) is 2.44.